The molecule has 1 atom stereocenters. The van der Waals surface area contributed by atoms with Crippen LogP contribution < -0.4 is 5.32 Å². The summed E-state index contributed by atoms with van der Waals surface area (Å²) in [6, 6.07) is 0.666. The van der Waals surface area contributed by atoms with Crippen molar-refractivity contribution in [2.24, 2.45) is 0 Å². The van der Waals surface area contributed by atoms with Crippen molar-refractivity contribution in [1.29, 1.82) is 0 Å². The monoisotopic (exact) mass is 261 g/mol. The van der Waals surface area contributed by atoms with Crippen LogP contribution in [-0.2, 0) is 6.54 Å². The van der Waals surface area contributed by atoms with E-state index in [1.807, 2.05) is 0 Å². The summed E-state index contributed by atoms with van der Waals surface area (Å²) < 4.78 is 0. The van der Waals surface area contributed by atoms with E-state index < -0.39 is 0 Å². The third-order valence-corrected chi connectivity index (χ3v) is 3.89. The molecule has 3 nitrogen and oxygen atoms in total. The highest BCUT2D eigenvalue weighted by molar-refractivity contribution is 7.09. The first-order chi connectivity index (χ1) is 7.28. The van der Waals surface area contributed by atoms with Gasteiger partial charge in [-0.1, -0.05) is 0 Å². The number of likely N-dealkylation sites (tertiary alicyclic amines) is 1. The largest absolute Gasteiger partial charge is 0.316 e. The quantitative estimate of drug-likeness (QED) is 0.903. The lowest BCUT2D eigenvalue weighted by Gasteiger charge is -2.31. The van der Waals surface area contributed by atoms with Gasteiger partial charge in [-0.2, -0.15) is 0 Å². The number of nitrogens with zero attached hydrogens (tertiary/aromatic N) is 2. The van der Waals surface area contributed by atoms with Gasteiger partial charge in [0.15, 0.2) is 0 Å². The van der Waals surface area contributed by atoms with E-state index in [9.17, 15) is 0 Å². The average molecular weight is 262 g/mol. The number of likely N-dealkylation sites (N-methyl/N-ethyl adjacent to an activating group) is 1. The topological polar surface area (TPSA) is 28.2 Å². The molecular weight excluding hydrogens is 242 g/mol. The smallest absolute Gasteiger partial charge is 0.107 e. The Morgan fingerprint density at radius 1 is 1.62 bits per heavy atom. The highest BCUT2D eigenvalue weighted by atomic mass is 35.5. The lowest BCUT2D eigenvalue weighted by molar-refractivity contribution is 0.188. The van der Waals surface area contributed by atoms with Crippen LogP contribution in [0.5, 0.6) is 0 Å². The van der Waals surface area contributed by atoms with Crippen LogP contribution in [0, 0.1) is 6.92 Å². The van der Waals surface area contributed by atoms with Crippen LogP contribution in [0.25, 0.3) is 0 Å². The SMILES string of the molecule is CNC1CCCN(Cc2nc(C)cs2)C1.Cl. The molecule has 1 unspecified atom stereocenters. The van der Waals surface area contributed by atoms with Crippen LogP contribution >= 0.6 is 23.7 Å². The van der Waals surface area contributed by atoms with Crippen LogP contribution in [0.4, 0.5) is 0 Å². The molecule has 5 heteroatoms. The van der Waals surface area contributed by atoms with Crippen LogP contribution in [0.3, 0.4) is 0 Å². The normalized spacial score (nSPS) is 21.8. The van der Waals surface area contributed by atoms with Crippen molar-refractivity contribution in [3.05, 3.63) is 16.1 Å². The Bertz CT molecular complexity index is 316. The molecule has 2 heterocycles. The number of nitrogens with one attached hydrogen (secondary N) is 1. The van der Waals surface area contributed by atoms with E-state index in [2.05, 4.69) is 34.6 Å². The van der Waals surface area contributed by atoms with Gasteiger partial charge in [0.05, 0.1) is 6.54 Å². The third-order valence-electron chi connectivity index (χ3n) is 2.94. The standard InChI is InChI=1S/C11H19N3S.ClH/c1-9-8-15-11(13-9)7-14-5-3-4-10(6-14)12-2;/h8,10,12H,3-7H2,1-2H3;1H. The molecule has 1 aromatic rings. The Hall–Kier alpha value is -0.160. The van der Waals surface area contributed by atoms with E-state index >= 15 is 0 Å². The first-order valence-electron chi connectivity index (χ1n) is 5.58. The Labute approximate surface area is 108 Å². The molecule has 2 rings (SSSR count). The van der Waals surface area contributed by atoms with Gasteiger partial charge in [0.25, 0.3) is 0 Å². The minimum atomic E-state index is 0. The lowest BCUT2D eigenvalue weighted by atomic mass is 10.1. The highest BCUT2D eigenvalue weighted by Gasteiger charge is 2.18. The van der Waals surface area contributed by atoms with Crippen LogP contribution in [0.15, 0.2) is 5.38 Å². The molecule has 0 saturated carbocycles. The number of aromatic nitrogens is 1. The molecule has 16 heavy (non-hydrogen) atoms. The lowest BCUT2D eigenvalue weighted by Crippen LogP contribution is -2.43. The molecule has 0 spiro atoms. The molecule has 1 aliphatic heterocycles. The molecule has 1 saturated heterocycles. The summed E-state index contributed by atoms with van der Waals surface area (Å²) in [7, 11) is 2.06. The summed E-state index contributed by atoms with van der Waals surface area (Å²) >= 11 is 1.78. The minimum absolute atomic E-state index is 0. The Morgan fingerprint density at radius 3 is 3.06 bits per heavy atom. The predicted molar refractivity (Wildman–Crippen MR) is 71.5 cm³/mol. The maximum atomic E-state index is 4.51. The minimum Gasteiger partial charge on any atom is -0.316 e. The maximum absolute atomic E-state index is 4.51. The van der Waals surface area contributed by atoms with Gasteiger partial charge >= 0.3 is 0 Å². The first kappa shape index (κ1) is 13.9. The average Bonchev–Trinajstić information content (AvgIpc) is 2.64. The van der Waals surface area contributed by atoms with Crippen molar-refractivity contribution >= 4 is 23.7 Å². The molecule has 1 aromatic heterocycles. The molecule has 1 aliphatic rings. The van der Waals surface area contributed by atoms with E-state index in [0.29, 0.717) is 6.04 Å². The van der Waals surface area contributed by atoms with E-state index in [0.717, 1.165) is 18.8 Å². The summed E-state index contributed by atoms with van der Waals surface area (Å²) in [5.74, 6) is 0. The molecule has 1 fully saturated rings. The van der Waals surface area contributed by atoms with Crippen molar-refractivity contribution in [1.82, 2.24) is 15.2 Å². The molecule has 0 aromatic carbocycles. The Balaban J connectivity index is 0.00000128. The first-order valence-corrected chi connectivity index (χ1v) is 6.46. The number of halogens is 1. The zero-order chi connectivity index (χ0) is 10.7. The number of rotatable bonds is 3. The number of piperidine rings is 1. The van der Waals surface area contributed by atoms with Crippen molar-refractivity contribution < 1.29 is 0 Å². The second-order valence-corrected chi connectivity index (χ2v) is 5.19. The van der Waals surface area contributed by atoms with Gasteiger partial charge in [0.1, 0.15) is 5.01 Å². The molecule has 0 aliphatic carbocycles. The maximum Gasteiger partial charge on any atom is 0.107 e. The third kappa shape index (κ3) is 3.70. The van der Waals surface area contributed by atoms with Crippen molar-refractivity contribution in [2.75, 3.05) is 20.1 Å². The van der Waals surface area contributed by atoms with Crippen molar-refractivity contribution in [3.63, 3.8) is 0 Å². The molecule has 0 amide bonds. The summed E-state index contributed by atoms with van der Waals surface area (Å²) in [6.07, 6.45) is 2.61. The summed E-state index contributed by atoms with van der Waals surface area (Å²) in [5, 5.41) is 6.75. The fraction of sp³-hybridized carbons (Fsp3) is 0.727. The van der Waals surface area contributed by atoms with E-state index in [1.54, 1.807) is 11.3 Å². The van der Waals surface area contributed by atoms with Gasteiger partial charge in [-0.15, -0.1) is 23.7 Å². The molecule has 92 valence electrons. The van der Waals surface area contributed by atoms with Gasteiger partial charge in [0, 0.05) is 23.7 Å². The van der Waals surface area contributed by atoms with E-state index in [4.69, 9.17) is 0 Å². The summed E-state index contributed by atoms with van der Waals surface area (Å²) in [5.41, 5.74) is 1.15. The van der Waals surface area contributed by atoms with Crippen LogP contribution in [0.1, 0.15) is 23.5 Å². The number of thiazole rings is 1. The van der Waals surface area contributed by atoms with Gasteiger partial charge in [0.2, 0.25) is 0 Å². The zero-order valence-electron chi connectivity index (χ0n) is 9.90. The number of hydrogen-bond acceptors (Lipinski definition) is 4. The van der Waals surface area contributed by atoms with Crippen molar-refractivity contribution in [2.45, 2.75) is 32.4 Å². The van der Waals surface area contributed by atoms with Gasteiger partial charge < -0.3 is 5.32 Å². The van der Waals surface area contributed by atoms with Gasteiger partial charge in [-0.25, -0.2) is 4.98 Å². The summed E-state index contributed by atoms with van der Waals surface area (Å²) in [6.45, 7) is 5.47. The zero-order valence-corrected chi connectivity index (χ0v) is 11.5. The Morgan fingerprint density at radius 2 is 2.44 bits per heavy atom. The van der Waals surface area contributed by atoms with Crippen LogP contribution in [-0.4, -0.2) is 36.1 Å². The molecular formula is C11H20ClN3S. The van der Waals surface area contributed by atoms with E-state index in [-0.39, 0.29) is 12.4 Å². The van der Waals surface area contributed by atoms with Gasteiger partial charge in [-0.05, 0) is 33.4 Å². The van der Waals surface area contributed by atoms with Crippen molar-refractivity contribution in [3.8, 4) is 0 Å². The predicted octanol–water partition coefficient (Wildman–Crippen LogP) is 2.06. The van der Waals surface area contributed by atoms with E-state index in [1.165, 1.54) is 24.4 Å². The molecule has 1 N–H and O–H groups in total. The summed E-state index contributed by atoms with van der Waals surface area (Å²) in [4.78, 5) is 7.02. The second kappa shape index (κ2) is 6.55. The molecule has 0 bridgehead atoms. The molecule has 0 radical (unpaired) electrons. The van der Waals surface area contributed by atoms with Crippen LogP contribution in [0.2, 0.25) is 0 Å². The van der Waals surface area contributed by atoms with Gasteiger partial charge in [-0.3, -0.25) is 4.90 Å². The number of hydrogen-bond donors (Lipinski definition) is 1. The fourth-order valence-electron chi connectivity index (χ4n) is 2.10. The number of aryl methyl sites for hydroxylation is 1. The highest BCUT2D eigenvalue weighted by Crippen LogP contribution is 2.16. The second-order valence-electron chi connectivity index (χ2n) is 4.25. The fourth-order valence-corrected chi connectivity index (χ4v) is 2.91. The Kier molecular flexibility index (Phi) is 5.69.